The Balaban J connectivity index is 2.53. The van der Waals surface area contributed by atoms with Crippen molar-refractivity contribution in [2.24, 2.45) is 11.8 Å². The van der Waals surface area contributed by atoms with E-state index < -0.39 is 6.10 Å². The Hall–Kier alpha value is -0.570. The standard InChI is InChI=1S/C9H17NO2/c1-5(2)4-7-8(11)6(3)9(12)10-7/h5-8,11H,4H2,1-3H3,(H,10,12)/t6-,7-,8-/m0/s1. The largest absolute Gasteiger partial charge is 0.390 e. The number of carbonyl (C=O) groups is 1. The number of aliphatic hydroxyl groups is 1. The lowest BCUT2D eigenvalue weighted by atomic mass is 9.96. The fraction of sp³-hybridized carbons (Fsp3) is 0.889. The molecule has 0 aromatic rings. The van der Waals surface area contributed by atoms with Crippen molar-refractivity contribution < 1.29 is 9.90 Å². The van der Waals surface area contributed by atoms with E-state index in [9.17, 15) is 9.90 Å². The van der Waals surface area contributed by atoms with E-state index in [2.05, 4.69) is 19.2 Å². The molecule has 12 heavy (non-hydrogen) atoms. The van der Waals surface area contributed by atoms with Crippen molar-refractivity contribution in [2.45, 2.75) is 39.3 Å². The molecule has 3 nitrogen and oxygen atoms in total. The van der Waals surface area contributed by atoms with Gasteiger partial charge in [-0.1, -0.05) is 20.8 Å². The minimum Gasteiger partial charge on any atom is -0.390 e. The molecule has 0 bridgehead atoms. The van der Waals surface area contributed by atoms with Crippen LogP contribution >= 0.6 is 0 Å². The fourth-order valence-corrected chi connectivity index (χ4v) is 1.61. The predicted molar refractivity (Wildman–Crippen MR) is 46.6 cm³/mol. The van der Waals surface area contributed by atoms with Crippen molar-refractivity contribution in [3.63, 3.8) is 0 Å². The lowest BCUT2D eigenvalue weighted by Crippen LogP contribution is -2.33. The molecule has 3 heteroatoms. The Labute approximate surface area is 73.2 Å². The third-order valence-corrected chi connectivity index (χ3v) is 2.39. The van der Waals surface area contributed by atoms with E-state index >= 15 is 0 Å². The van der Waals surface area contributed by atoms with Crippen LogP contribution in [0.2, 0.25) is 0 Å². The summed E-state index contributed by atoms with van der Waals surface area (Å²) in [5.41, 5.74) is 0. The molecule has 0 aliphatic carbocycles. The van der Waals surface area contributed by atoms with Gasteiger partial charge in [0.2, 0.25) is 5.91 Å². The number of rotatable bonds is 2. The molecule has 0 radical (unpaired) electrons. The average Bonchev–Trinajstić information content (AvgIpc) is 2.17. The summed E-state index contributed by atoms with van der Waals surface area (Å²) in [6.45, 7) is 5.93. The van der Waals surface area contributed by atoms with Crippen LogP contribution in [0.15, 0.2) is 0 Å². The number of hydrogen-bond donors (Lipinski definition) is 2. The second kappa shape index (κ2) is 3.44. The Bertz CT molecular complexity index is 179. The van der Waals surface area contributed by atoms with Gasteiger partial charge in [-0.25, -0.2) is 0 Å². The second-order valence-electron chi connectivity index (χ2n) is 4.02. The predicted octanol–water partition coefficient (Wildman–Crippen LogP) is 0.528. The van der Waals surface area contributed by atoms with E-state index in [4.69, 9.17) is 0 Å². The van der Waals surface area contributed by atoms with E-state index in [1.165, 1.54) is 0 Å². The molecule has 1 fully saturated rings. The first kappa shape index (κ1) is 9.52. The van der Waals surface area contributed by atoms with Crippen LogP contribution in [0.25, 0.3) is 0 Å². The number of nitrogens with one attached hydrogen (secondary N) is 1. The van der Waals surface area contributed by atoms with Gasteiger partial charge in [0, 0.05) is 0 Å². The smallest absolute Gasteiger partial charge is 0.225 e. The molecule has 1 aliphatic heterocycles. The quantitative estimate of drug-likeness (QED) is 0.636. The van der Waals surface area contributed by atoms with Crippen LogP contribution in [-0.4, -0.2) is 23.2 Å². The van der Waals surface area contributed by atoms with Crippen LogP contribution in [0, 0.1) is 11.8 Å². The highest BCUT2D eigenvalue weighted by molar-refractivity contribution is 5.81. The fourth-order valence-electron chi connectivity index (χ4n) is 1.61. The van der Waals surface area contributed by atoms with Crippen molar-refractivity contribution in [3.05, 3.63) is 0 Å². The zero-order valence-electron chi connectivity index (χ0n) is 7.87. The monoisotopic (exact) mass is 171 g/mol. The molecule has 0 aromatic carbocycles. The third kappa shape index (κ3) is 1.78. The summed E-state index contributed by atoms with van der Waals surface area (Å²) < 4.78 is 0. The highest BCUT2D eigenvalue weighted by atomic mass is 16.3. The van der Waals surface area contributed by atoms with Crippen LogP contribution in [0.4, 0.5) is 0 Å². The van der Waals surface area contributed by atoms with Crippen LogP contribution in [0.5, 0.6) is 0 Å². The lowest BCUT2D eigenvalue weighted by Gasteiger charge is -2.17. The summed E-state index contributed by atoms with van der Waals surface area (Å²) >= 11 is 0. The molecule has 1 heterocycles. The molecule has 1 amide bonds. The SMILES string of the molecule is CC(C)C[C@@H]1NC(=O)[C@@H](C)[C@@H]1O. The minimum atomic E-state index is -0.500. The third-order valence-electron chi connectivity index (χ3n) is 2.39. The van der Waals surface area contributed by atoms with E-state index in [0.717, 1.165) is 6.42 Å². The van der Waals surface area contributed by atoms with Gasteiger partial charge in [0.25, 0.3) is 0 Å². The first-order valence-corrected chi connectivity index (χ1v) is 4.50. The van der Waals surface area contributed by atoms with Gasteiger partial charge in [0.1, 0.15) is 0 Å². The van der Waals surface area contributed by atoms with Crippen molar-refractivity contribution >= 4 is 5.91 Å². The van der Waals surface area contributed by atoms with Gasteiger partial charge in [-0.2, -0.15) is 0 Å². The summed E-state index contributed by atoms with van der Waals surface area (Å²) in [6.07, 6.45) is 0.358. The van der Waals surface area contributed by atoms with Crippen LogP contribution in [0.1, 0.15) is 27.2 Å². The van der Waals surface area contributed by atoms with Gasteiger partial charge in [-0.3, -0.25) is 4.79 Å². The van der Waals surface area contributed by atoms with Crippen molar-refractivity contribution in [1.29, 1.82) is 0 Å². The maximum absolute atomic E-state index is 11.1. The van der Waals surface area contributed by atoms with E-state index in [-0.39, 0.29) is 17.9 Å². The summed E-state index contributed by atoms with van der Waals surface area (Å²) in [6, 6.07) is -0.0347. The summed E-state index contributed by atoms with van der Waals surface area (Å²) in [7, 11) is 0. The first-order chi connectivity index (χ1) is 5.52. The Morgan fingerprint density at radius 3 is 2.50 bits per heavy atom. The number of amides is 1. The highest BCUT2D eigenvalue weighted by Gasteiger charge is 2.37. The maximum atomic E-state index is 11.1. The van der Waals surface area contributed by atoms with E-state index in [1.807, 2.05) is 0 Å². The molecule has 3 atom stereocenters. The van der Waals surface area contributed by atoms with Gasteiger partial charge in [-0.15, -0.1) is 0 Å². The second-order valence-corrected chi connectivity index (χ2v) is 4.02. The van der Waals surface area contributed by atoms with Gasteiger partial charge in [-0.05, 0) is 12.3 Å². The van der Waals surface area contributed by atoms with Crippen molar-refractivity contribution in [3.8, 4) is 0 Å². The molecular formula is C9H17NO2. The van der Waals surface area contributed by atoms with E-state index in [1.54, 1.807) is 6.92 Å². The molecule has 2 N–H and O–H groups in total. The summed E-state index contributed by atoms with van der Waals surface area (Å²) in [5.74, 6) is 0.247. The Morgan fingerprint density at radius 2 is 2.17 bits per heavy atom. The maximum Gasteiger partial charge on any atom is 0.225 e. The van der Waals surface area contributed by atoms with E-state index in [0.29, 0.717) is 5.92 Å². The Kier molecular flexibility index (Phi) is 2.73. The van der Waals surface area contributed by atoms with Gasteiger partial charge >= 0.3 is 0 Å². The zero-order chi connectivity index (χ0) is 9.30. The topological polar surface area (TPSA) is 49.3 Å². The number of aliphatic hydroxyl groups excluding tert-OH is 1. The number of hydrogen-bond acceptors (Lipinski definition) is 2. The number of carbonyl (C=O) groups excluding carboxylic acids is 1. The first-order valence-electron chi connectivity index (χ1n) is 4.50. The average molecular weight is 171 g/mol. The van der Waals surface area contributed by atoms with Crippen LogP contribution in [-0.2, 0) is 4.79 Å². The van der Waals surface area contributed by atoms with Gasteiger partial charge in [0.05, 0.1) is 18.1 Å². The molecule has 0 saturated carbocycles. The summed E-state index contributed by atoms with van der Waals surface area (Å²) in [5, 5.41) is 12.4. The normalized spacial score (nSPS) is 35.8. The highest BCUT2D eigenvalue weighted by Crippen LogP contribution is 2.20. The summed E-state index contributed by atoms with van der Waals surface area (Å²) in [4.78, 5) is 11.1. The molecule has 0 aromatic heterocycles. The molecule has 1 aliphatic rings. The Morgan fingerprint density at radius 1 is 1.58 bits per heavy atom. The van der Waals surface area contributed by atoms with Crippen molar-refractivity contribution in [2.75, 3.05) is 0 Å². The molecule has 1 saturated heterocycles. The van der Waals surface area contributed by atoms with Gasteiger partial charge in [0.15, 0.2) is 0 Å². The lowest BCUT2D eigenvalue weighted by molar-refractivity contribution is -0.123. The molecular weight excluding hydrogens is 154 g/mol. The zero-order valence-corrected chi connectivity index (χ0v) is 7.87. The van der Waals surface area contributed by atoms with Crippen molar-refractivity contribution in [1.82, 2.24) is 5.32 Å². The van der Waals surface area contributed by atoms with Gasteiger partial charge < -0.3 is 10.4 Å². The van der Waals surface area contributed by atoms with Crippen LogP contribution in [0.3, 0.4) is 0 Å². The molecule has 70 valence electrons. The van der Waals surface area contributed by atoms with Crippen LogP contribution < -0.4 is 5.32 Å². The minimum absolute atomic E-state index is 0.0202. The molecule has 0 spiro atoms. The molecule has 0 unspecified atom stereocenters. The molecule has 1 rings (SSSR count).